The van der Waals surface area contributed by atoms with Crippen molar-refractivity contribution in [3.05, 3.63) is 90.0 Å². The van der Waals surface area contributed by atoms with E-state index in [1.807, 2.05) is 18.5 Å². The molecule has 1 fully saturated rings. The van der Waals surface area contributed by atoms with Gasteiger partial charge in [-0.25, -0.2) is 9.98 Å². The largest absolute Gasteiger partial charge is 0.357 e. The quantitative estimate of drug-likeness (QED) is 0.475. The summed E-state index contributed by atoms with van der Waals surface area (Å²) < 4.78 is 2.18. The summed E-state index contributed by atoms with van der Waals surface area (Å²) in [6.45, 7) is 9.45. The van der Waals surface area contributed by atoms with E-state index in [4.69, 9.17) is 4.99 Å². The van der Waals surface area contributed by atoms with Gasteiger partial charge in [-0.1, -0.05) is 60.7 Å². The number of hydrogen-bond donors (Lipinski definition) is 1. The summed E-state index contributed by atoms with van der Waals surface area (Å²) in [6.07, 6.45) is 3.90. The van der Waals surface area contributed by atoms with Gasteiger partial charge in [0.25, 0.3) is 0 Å². The maximum atomic E-state index is 4.92. The van der Waals surface area contributed by atoms with E-state index >= 15 is 0 Å². The molecule has 0 radical (unpaired) electrons. The second-order valence-corrected chi connectivity index (χ2v) is 7.88. The van der Waals surface area contributed by atoms with Crippen LogP contribution in [0.4, 0.5) is 0 Å². The van der Waals surface area contributed by atoms with Crippen molar-refractivity contribution in [3.8, 4) is 0 Å². The molecule has 0 unspecified atom stereocenters. The molecule has 3 aromatic rings. The van der Waals surface area contributed by atoms with Gasteiger partial charge in [0.2, 0.25) is 0 Å². The maximum absolute atomic E-state index is 4.92. The molecule has 0 saturated carbocycles. The monoisotopic (exact) mass is 416 g/mol. The van der Waals surface area contributed by atoms with E-state index in [0.717, 1.165) is 57.6 Å². The van der Waals surface area contributed by atoms with Crippen LogP contribution in [0.2, 0.25) is 0 Å². The third-order valence-electron chi connectivity index (χ3n) is 5.62. The van der Waals surface area contributed by atoms with Crippen molar-refractivity contribution in [2.24, 2.45) is 4.99 Å². The Kier molecular flexibility index (Phi) is 7.34. The van der Waals surface area contributed by atoms with Gasteiger partial charge in [0, 0.05) is 58.2 Å². The molecule has 0 bridgehead atoms. The molecular formula is C25H32N6. The van der Waals surface area contributed by atoms with Gasteiger partial charge in [0.15, 0.2) is 5.96 Å². The van der Waals surface area contributed by atoms with Crippen LogP contribution in [0, 0.1) is 0 Å². The lowest BCUT2D eigenvalue weighted by Gasteiger charge is -2.36. The molecule has 162 valence electrons. The van der Waals surface area contributed by atoms with Crippen LogP contribution in [0.3, 0.4) is 0 Å². The van der Waals surface area contributed by atoms with Gasteiger partial charge in [-0.15, -0.1) is 0 Å². The second-order valence-electron chi connectivity index (χ2n) is 7.88. The smallest absolute Gasteiger partial charge is 0.194 e. The summed E-state index contributed by atoms with van der Waals surface area (Å²) in [5.41, 5.74) is 2.65. The van der Waals surface area contributed by atoms with Crippen LogP contribution in [-0.4, -0.2) is 58.0 Å². The van der Waals surface area contributed by atoms with Gasteiger partial charge in [-0.2, -0.15) is 0 Å². The van der Waals surface area contributed by atoms with Crippen LogP contribution in [0.5, 0.6) is 0 Å². The summed E-state index contributed by atoms with van der Waals surface area (Å²) in [4.78, 5) is 14.4. The number of nitrogens with one attached hydrogen (secondary N) is 1. The Balaban J connectivity index is 1.36. The molecule has 2 heterocycles. The fraction of sp³-hybridized carbons (Fsp3) is 0.360. The van der Waals surface area contributed by atoms with E-state index in [1.54, 1.807) is 0 Å². The zero-order valence-corrected chi connectivity index (χ0v) is 18.3. The number of imidazole rings is 1. The van der Waals surface area contributed by atoms with E-state index in [0.29, 0.717) is 6.54 Å². The third-order valence-corrected chi connectivity index (χ3v) is 5.62. The zero-order valence-electron chi connectivity index (χ0n) is 18.3. The molecule has 1 aromatic heterocycles. The molecule has 2 aromatic carbocycles. The molecule has 1 saturated heterocycles. The highest BCUT2D eigenvalue weighted by molar-refractivity contribution is 5.80. The average molecular weight is 417 g/mol. The van der Waals surface area contributed by atoms with Crippen molar-refractivity contribution in [2.75, 3.05) is 32.7 Å². The van der Waals surface area contributed by atoms with E-state index in [-0.39, 0.29) is 0 Å². The Labute approximate surface area is 185 Å². The molecule has 0 spiro atoms. The Morgan fingerprint density at radius 2 is 1.55 bits per heavy atom. The van der Waals surface area contributed by atoms with Gasteiger partial charge in [0.05, 0.1) is 0 Å². The lowest BCUT2D eigenvalue weighted by Crippen LogP contribution is -2.52. The normalized spacial score (nSPS) is 15.3. The van der Waals surface area contributed by atoms with Gasteiger partial charge in [-0.05, 0) is 18.1 Å². The molecule has 0 aliphatic carbocycles. The van der Waals surface area contributed by atoms with Crippen LogP contribution in [0.15, 0.2) is 78.0 Å². The summed E-state index contributed by atoms with van der Waals surface area (Å²) in [5.74, 6) is 1.97. The summed E-state index contributed by atoms with van der Waals surface area (Å²) >= 11 is 0. The first-order chi connectivity index (χ1) is 15.3. The first-order valence-electron chi connectivity index (χ1n) is 11.2. The highest BCUT2D eigenvalue weighted by atomic mass is 15.3. The van der Waals surface area contributed by atoms with Crippen LogP contribution in [0.25, 0.3) is 0 Å². The highest BCUT2D eigenvalue weighted by Gasteiger charge is 2.19. The van der Waals surface area contributed by atoms with Crippen molar-refractivity contribution in [1.82, 2.24) is 24.7 Å². The Bertz CT molecular complexity index is 942. The third kappa shape index (κ3) is 5.95. The van der Waals surface area contributed by atoms with Crippen molar-refractivity contribution in [3.63, 3.8) is 0 Å². The van der Waals surface area contributed by atoms with Crippen LogP contribution >= 0.6 is 0 Å². The zero-order chi connectivity index (χ0) is 21.3. The lowest BCUT2D eigenvalue weighted by atomic mass is 10.2. The van der Waals surface area contributed by atoms with E-state index < -0.39 is 0 Å². The number of rotatable bonds is 7. The van der Waals surface area contributed by atoms with E-state index in [1.165, 1.54) is 11.1 Å². The SMILES string of the molecule is CCNC(=NCc1nccn1Cc1ccccc1)N1CCN(Cc2ccccc2)CC1. The molecule has 1 aliphatic heterocycles. The number of aromatic nitrogens is 2. The molecule has 1 N–H and O–H groups in total. The number of hydrogen-bond acceptors (Lipinski definition) is 3. The summed E-state index contributed by atoms with van der Waals surface area (Å²) in [5, 5.41) is 3.47. The number of nitrogens with zero attached hydrogens (tertiary/aromatic N) is 5. The standard InChI is InChI=1S/C25H32N6/c1-2-26-25(30-17-15-29(16-18-30)20-22-9-5-3-6-10-22)28-19-24-27-13-14-31(24)21-23-11-7-4-8-12-23/h3-14H,2,15-21H2,1H3,(H,26,28). The number of benzene rings is 2. The molecule has 31 heavy (non-hydrogen) atoms. The van der Waals surface area contributed by atoms with E-state index in [2.05, 4.69) is 86.2 Å². The van der Waals surface area contributed by atoms with Crippen LogP contribution < -0.4 is 5.32 Å². The summed E-state index contributed by atoms with van der Waals surface area (Å²) in [6, 6.07) is 21.2. The Hall–Kier alpha value is -3.12. The molecule has 1 aliphatic rings. The second kappa shape index (κ2) is 10.8. The van der Waals surface area contributed by atoms with Crippen molar-refractivity contribution >= 4 is 5.96 Å². The number of piperazine rings is 1. The number of guanidine groups is 1. The summed E-state index contributed by atoms with van der Waals surface area (Å²) in [7, 11) is 0. The minimum atomic E-state index is 0.576. The Morgan fingerprint density at radius 1 is 0.903 bits per heavy atom. The van der Waals surface area contributed by atoms with Crippen molar-refractivity contribution in [2.45, 2.75) is 26.6 Å². The fourth-order valence-corrected chi connectivity index (χ4v) is 3.95. The molecule has 6 nitrogen and oxygen atoms in total. The van der Waals surface area contributed by atoms with Crippen LogP contribution in [-0.2, 0) is 19.6 Å². The molecule has 4 rings (SSSR count). The molecule has 0 atom stereocenters. The van der Waals surface area contributed by atoms with E-state index in [9.17, 15) is 0 Å². The first kappa shape index (κ1) is 21.1. The minimum Gasteiger partial charge on any atom is -0.357 e. The molecule has 6 heteroatoms. The highest BCUT2D eigenvalue weighted by Crippen LogP contribution is 2.10. The fourth-order valence-electron chi connectivity index (χ4n) is 3.95. The molecule has 0 amide bonds. The van der Waals surface area contributed by atoms with Gasteiger partial charge in [0.1, 0.15) is 12.4 Å². The predicted molar refractivity (Wildman–Crippen MR) is 126 cm³/mol. The van der Waals surface area contributed by atoms with Gasteiger partial charge >= 0.3 is 0 Å². The lowest BCUT2D eigenvalue weighted by molar-refractivity contribution is 0.172. The Morgan fingerprint density at radius 3 is 2.19 bits per heavy atom. The first-order valence-corrected chi connectivity index (χ1v) is 11.2. The van der Waals surface area contributed by atoms with Crippen LogP contribution in [0.1, 0.15) is 23.9 Å². The van der Waals surface area contributed by atoms with Gasteiger partial charge in [-0.3, -0.25) is 4.90 Å². The van der Waals surface area contributed by atoms with Crippen molar-refractivity contribution in [1.29, 1.82) is 0 Å². The molecular weight excluding hydrogens is 384 g/mol. The number of aliphatic imine (C=N–C) groups is 1. The predicted octanol–water partition coefficient (Wildman–Crippen LogP) is 3.21. The average Bonchev–Trinajstić information content (AvgIpc) is 3.25. The van der Waals surface area contributed by atoms with Crippen molar-refractivity contribution < 1.29 is 0 Å². The minimum absolute atomic E-state index is 0.576. The topological polar surface area (TPSA) is 48.7 Å². The van der Waals surface area contributed by atoms with Gasteiger partial charge < -0.3 is 14.8 Å². The maximum Gasteiger partial charge on any atom is 0.194 e.